The van der Waals surface area contributed by atoms with E-state index in [0.29, 0.717) is 6.54 Å². The number of nitrogens with two attached hydrogens (primary N) is 1. The number of nitrogens with zero attached hydrogens (tertiary/aromatic N) is 2. The van der Waals surface area contributed by atoms with Crippen LogP contribution in [0.25, 0.3) is 0 Å². The Hall–Kier alpha value is -1.68. The molecule has 10 heteroatoms. The van der Waals surface area contributed by atoms with Crippen molar-refractivity contribution < 1.29 is 18.0 Å². The van der Waals surface area contributed by atoms with E-state index in [1.54, 1.807) is 0 Å². The Morgan fingerprint density at radius 2 is 2.04 bits per heavy atom. The molecule has 1 aromatic carbocycles. The second kappa shape index (κ2) is 9.69. The number of benzene rings is 1. The quantitative estimate of drug-likeness (QED) is 0.651. The van der Waals surface area contributed by atoms with Gasteiger partial charge >= 0.3 is 0 Å². The molecule has 0 bridgehead atoms. The minimum absolute atomic E-state index is 0.0507. The molecule has 0 aromatic heterocycles. The molecule has 2 rings (SSSR count). The number of anilines is 1. The highest BCUT2D eigenvalue weighted by Crippen LogP contribution is 2.27. The number of hydrogen-bond acceptors (Lipinski definition) is 5. The summed E-state index contributed by atoms with van der Waals surface area (Å²) >= 11 is 6.11. The van der Waals surface area contributed by atoms with Crippen LogP contribution >= 0.6 is 11.6 Å². The third kappa shape index (κ3) is 5.91. The molecule has 1 aromatic rings. The van der Waals surface area contributed by atoms with Gasteiger partial charge in [-0.05, 0) is 37.6 Å². The Kier molecular flexibility index (Phi) is 7.82. The van der Waals surface area contributed by atoms with Crippen molar-refractivity contribution in [2.45, 2.75) is 43.0 Å². The van der Waals surface area contributed by atoms with Gasteiger partial charge in [0, 0.05) is 39.5 Å². The van der Waals surface area contributed by atoms with Gasteiger partial charge in [-0.1, -0.05) is 18.0 Å². The molecule has 1 atom stereocenters. The van der Waals surface area contributed by atoms with Gasteiger partial charge in [0.05, 0.1) is 15.6 Å². The summed E-state index contributed by atoms with van der Waals surface area (Å²) in [4.78, 5) is 25.8. The van der Waals surface area contributed by atoms with Gasteiger partial charge in [-0.15, -0.1) is 0 Å². The molecule has 1 heterocycles. The van der Waals surface area contributed by atoms with Crippen LogP contribution in [-0.2, 0) is 19.6 Å². The third-order valence-corrected chi connectivity index (χ3v) is 6.94. The van der Waals surface area contributed by atoms with Gasteiger partial charge in [0.25, 0.3) is 0 Å². The monoisotopic (exact) mass is 430 g/mol. The van der Waals surface area contributed by atoms with Crippen molar-refractivity contribution in [3.63, 3.8) is 0 Å². The molecule has 2 amide bonds. The molecule has 0 radical (unpaired) electrons. The van der Waals surface area contributed by atoms with E-state index in [2.05, 4.69) is 10.2 Å². The Bertz CT molecular complexity index is 829. The highest BCUT2D eigenvalue weighted by molar-refractivity contribution is 7.89. The minimum Gasteiger partial charge on any atom is -0.370 e. The van der Waals surface area contributed by atoms with Crippen molar-refractivity contribution in [2.24, 2.45) is 5.73 Å². The van der Waals surface area contributed by atoms with Crippen LogP contribution in [-0.4, -0.2) is 62.7 Å². The molecular formula is C18H27ClN4O4S. The zero-order valence-corrected chi connectivity index (χ0v) is 17.7. The summed E-state index contributed by atoms with van der Waals surface area (Å²) in [5.74, 6) is -0.614. The van der Waals surface area contributed by atoms with Gasteiger partial charge in [0.1, 0.15) is 0 Å². The van der Waals surface area contributed by atoms with E-state index in [-0.39, 0.29) is 46.3 Å². The lowest BCUT2D eigenvalue weighted by Crippen LogP contribution is -2.43. The standard InChI is InChI=1S/C18H27ClN4O4S/c1-22(2)28(26,27)14-6-7-15(19)16(12-14)21-18(25)8-10-23-9-4-3-5-13(23)11-17(20)24/h6-7,12-13H,3-5,8-11H2,1-2H3,(H2,20,24)(H,21,25). The second-order valence-electron chi connectivity index (χ2n) is 7.08. The molecule has 1 saturated heterocycles. The van der Waals surface area contributed by atoms with E-state index in [4.69, 9.17) is 17.3 Å². The number of likely N-dealkylation sites (tertiary alicyclic amines) is 1. The van der Waals surface area contributed by atoms with E-state index in [1.807, 2.05) is 0 Å². The highest BCUT2D eigenvalue weighted by atomic mass is 35.5. The second-order valence-corrected chi connectivity index (χ2v) is 9.64. The molecule has 1 aliphatic heterocycles. The van der Waals surface area contributed by atoms with Crippen molar-refractivity contribution in [3.8, 4) is 0 Å². The molecule has 0 spiro atoms. The summed E-state index contributed by atoms with van der Waals surface area (Å²) in [5.41, 5.74) is 5.57. The fourth-order valence-electron chi connectivity index (χ4n) is 3.25. The first kappa shape index (κ1) is 22.6. The van der Waals surface area contributed by atoms with Crippen molar-refractivity contribution in [3.05, 3.63) is 23.2 Å². The lowest BCUT2D eigenvalue weighted by molar-refractivity contribution is -0.119. The zero-order valence-electron chi connectivity index (χ0n) is 16.2. The third-order valence-electron chi connectivity index (χ3n) is 4.80. The summed E-state index contributed by atoms with van der Waals surface area (Å²) in [6.07, 6.45) is 3.45. The zero-order chi connectivity index (χ0) is 20.9. The fraction of sp³-hybridized carbons (Fsp3) is 0.556. The lowest BCUT2D eigenvalue weighted by Gasteiger charge is -2.34. The van der Waals surface area contributed by atoms with Crippen molar-refractivity contribution >= 4 is 39.1 Å². The van der Waals surface area contributed by atoms with Crippen LogP contribution in [0.5, 0.6) is 0 Å². The molecule has 1 aliphatic rings. The molecule has 8 nitrogen and oxygen atoms in total. The maximum Gasteiger partial charge on any atom is 0.242 e. The first-order valence-corrected chi connectivity index (χ1v) is 11.0. The van der Waals surface area contributed by atoms with Gasteiger partial charge < -0.3 is 11.1 Å². The van der Waals surface area contributed by atoms with Crippen LogP contribution in [0.3, 0.4) is 0 Å². The predicted octanol–water partition coefficient (Wildman–Crippen LogP) is 1.65. The molecule has 156 valence electrons. The number of nitrogens with one attached hydrogen (secondary N) is 1. The lowest BCUT2D eigenvalue weighted by atomic mass is 9.99. The number of rotatable bonds is 8. The molecule has 0 saturated carbocycles. The number of halogens is 1. The Labute approximate surface area is 171 Å². The number of piperidine rings is 1. The van der Waals surface area contributed by atoms with Crippen LogP contribution in [0.1, 0.15) is 32.1 Å². The molecule has 3 N–H and O–H groups in total. The van der Waals surface area contributed by atoms with Crippen LogP contribution in [0.2, 0.25) is 5.02 Å². The van der Waals surface area contributed by atoms with Gasteiger partial charge in [-0.25, -0.2) is 12.7 Å². The summed E-state index contributed by atoms with van der Waals surface area (Å²) < 4.78 is 25.6. The van der Waals surface area contributed by atoms with E-state index in [1.165, 1.54) is 32.3 Å². The summed E-state index contributed by atoms with van der Waals surface area (Å²) in [5, 5.41) is 2.94. The average molecular weight is 431 g/mol. The van der Waals surface area contributed by atoms with Crippen LogP contribution in [0.4, 0.5) is 5.69 Å². The van der Waals surface area contributed by atoms with Gasteiger partial charge in [-0.3, -0.25) is 14.5 Å². The number of carbonyl (C=O) groups is 2. The first-order chi connectivity index (χ1) is 13.1. The number of carbonyl (C=O) groups excluding carboxylic acids is 2. The number of sulfonamides is 1. The Balaban J connectivity index is 2.02. The maximum absolute atomic E-state index is 12.4. The number of hydrogen-bond donors (Lipinski definition) is 2. The van der Waals surface area contributed by atoms with E-state index in [9.17, 15) is 18.0 Å². The van der Waals surface area contributed by atoms with Crippen molar-refractivity contribution in [2.75, 3.05) is 32.5 Å². The maximum atomic E-state index is 12.4. The molecule has 1 fully saturated rings. The fourth-order valence-corrected chi connectivity index (χ4v) is 4.34. The number of amides is 2. The predicted molar refractivity (Wildman–Crippen MR) is 109 cm³/mol. The van der Waals surface area contributed by atoms with Gasteiger partial charge in [-0.2, -0.15) is 0 Å². The largest absolute Gasteiger partial charge is 0.370 e. The molecule has 1 unspecified atom stereocenters. The van der Waals surface area contributed by atoms with Crippen LogP contribution < -0.4 is 11.1 Å². The molecule has 0 aliphatic carbocycles. The molecule has 28 heavy (non-hydrogen) atoms. The number of primary amides is 1. The van der Waals surface area contributed by atoms with Gasteiger partial charge in [0.2, 0.25) is 21.8 Å². The van der Waals surface area contributed by atoms with Crippen molar-refractivity contribution in [1.82, 2.24) is 9.21 Å². The van der Waals surface area contributed by atoms with Crippen molar-refractivity contribution in [1.29, 1.82) is 0 Å². The topological polar surface area (TPSA) is 113 Å². The Morgan fingerprint density at radius 1 is 1.32 bits per heavy atom. The summed E-state index contributed by atoms with van der Waals surface area (Å²) in [6.45, 7) is 1.32. The average Bonchev–Trinajstić information content (AvgIpc) is 2.62. The first-order valence-electron chi connectivity index (χ1n) is 9.15. The van der Waals surface area contributed by atoms with Gasteiger partial charge in [0.15, 0.2) is 0 Å². The highest BCUT2D eigenvalue weighted by Gasteiger charge is 2.24. The summed E-state index contributed by atoms with van der Waals surface area (Å²) in [7, 11) is -0.761. The SMILES string of the molecule is CN(C)S(=O)(=O)c1ccc(Cl)c(NC(=O)CCN2CCCCC2CC(N)=O)c1. The smallest absolute Gasteiger partial charge is 0.242 e. The Morgan fingerprint density at radius 3 is 2.68 bits per heavy atom. The summed E-state index contributed by atoms with van der Waals surface area (Å²) in [6, 6.07) is 4.26. The van der Waals surface area contributed by atoms with E-state index < -0.39 is 10.0 Å². The van der Waals surface area contributed by atoms with E-state index >= 15 is 0 Å². The minimum atomic E-state index is -3.63. The van der Waals surface area contributed by atoms with Crippen LogP contribution in [0, 0.1) is 0 Å². The normalized spacial score (nSPS) is 18.2. The van der Waals surface area contributed by atoms with E-state index in [0.717, 1.165) is 30.1 Å². The van der Waals surface area contributed by atoms with Crippen LogP contribution in [0.15, 0.2) is 23.1 Å². The molecular weight excluding hydrogens is 404 g/mol.